The average molecular weight is 465 g/mol. The first kappa shape index (κ1) is 29.5. The molecule has 0 aliphatic carbocycles. The molecule has 1 unspecified atom stereocenters. The van der Waals surface area contributed by atoms with Crippen LogP contribution in [-0.4, -0.2) is 51.1 Å². The normalized spacial score (nSPS) is 15.1. The first-order valence-electron chi connectivity index (χ1n) is 11.3. The molecule has 8 nitrogen and oxygen atoms in total. The lowest BCUT2D eigenvalue weighted by atomic mass is 9.96. The highest BCUT2D eigenvalue weighted by Gasteiger charge is 2.51. The molecule has 4 N–H and O–H groups in total. The zero-order valence-corrected chi connectivity index (χ0v) is 19.5. The lowest BCUT2D eigenvalue weighted by Crippen LogP contribution is -2.48. The molecule has 182 valence electrons. The van der Waals surface area contributed by atoms with Crippen LogP contribution in [0.5, 0.6) is 0 Å². The first-order valence-corrected chi connectivity index (χ1v) is 12.8. The lowest BCUT2D eigenvalue weighted by molar-refractivity contribution is -0.147. The van der Waals surface area contributed by atoms with Crippen molar-refractivity contribution in [2.45, 2.75) is 114 Å². The van der Waals surface area contributed by atoms with Crippen molar-refractivity contribution >= 4 is 22.1 Å². The van der Waals surface area contributed by atoms with E-state index in [1.54, 1.807) is 0 Å². The molecule has 0 radical (unpaired) electrons. The summed E-state index contributed by atoms with van der Waals surface area (Å²) in [5.41, 5.74) is 0. The third-order valence-corrected chi connectivity index (χ3v) is 7.00. The van der Waals surface area contributed by atoms with Gasteiger partial charge in [-0.25, -0.2) is 0 Å². The zero-order chi connectivity index (χ0) is 23.8. The van der Waals surface area contributed by atoms with Gasteiger partial charge in [-0.15, -0.1) is 0 Å². The molecule has 0 saturated heterocycles. The fourth-order valence-electron chi connectivity index (χ4n) is 3.52. The van der Waals surface area contributed by atoms with E-state index in [0.29, 0.717) is 12.8 Å². The molecule has 0 aliphatic rings. The molecule has 0 bridgehead atoms. The summed E-state index contributed by atoms with van der Waals surface area (Å²) >= 11 is 0. The summed E-state index contributed by atoms with van der Waals surface area (Å²) in [6.45, 7) is 2.16. The molecule has 31 heavy (non-hydrogen) atoms. The second-order valence-electron chi connectivity index (χ2n) is 8.22. The molecule has 9 heteroatoms. The van der Waals surface area contributed by atoms with E-state index in [2.05, 4.69) is 13.0 Å². The smallest absolute Gasteiger partial charge is 0.328 e. The van der Waals surface area contributed by atoms with Gasteiger partial charge in [0, 0.05) is 0 Å². The number of unbranched alkanes of at least 4 members (excludes halogenated alkanes) is 9. The third-order valence-electron chi connectivity index (χ3n) is 5.49. The summed E-state index contributed by atoms with van der Waals surface area (Å²) in [5.74, 6) is -3.42. The molecule has 0 saturated carbocycles. The van der Waals surface area contributed by atoms with Gasteiger partial charge in [-0.05, 0) is 32.1 Å². The van der Waals surface area contributed by atoms with Crippen molar-refractivity contribution in [3.8, 4) is 0 Å². The Balaban J connectivity index is 3.99. The van der Waals surface area contributed by atoms with Crippen molar-refractivity contribution in [3.63, 3.8) is 0 Å². The van der Waals surface area contributed by atoms with E-state index in [1.165, 1.54) is 19.3 Å². The average Bonchev–Trinajstić information content (AvgIpc) is 2.67. The van der Waals surface area contributed by atoms with Crippen LogP contribution in [-0.2, 0) is 19.7 Å². The summed E-state index contributed by atoms with van der Waals surface area (Å²) in [7, 11) is -5.05. The second kappa shape index (κ2) is 16.2. The minimum absolute atomic E-state index is 0.204. The highest BCUT2D eigenvalue weighted by atomic mass is 32.2. The van der Waals surface area contributed by atoms with Gasteiger partial charge in [0.05, 0.1) is 12.5 Å². The summed E-state index contributed by atoms with van der Waals surface area (Å²) in [6, 6.07) is 0. The van der Waals surface area contributed by atoms with Crippen molar-refractivity contribution in [2.24, 2.45) is 0 Å². The van der Waals surface area contributed by atoms with Gasteiger partial charge in [0.25, 0.3) is 10.1 Å². The predicted molar refractivity (Wildman–Crippen MR) is 120 cm³/mol. The van der Waals surface area contributed by atoms with Crippen molar-refractivity contribution < 1.29 is 37.9 Å². The Morgan fingerprint density at radius 3 is 2.03 bits per heavy atom. The predicted octanol–water partition coefficient (Wildman–Crippen LogP) is 4.57. The number of carboxylic acids is 2. The maximum absolute atomic E-state index is 11.5. The van der Waals surface area contributed by atoms with Crippen molar-refractivity contribution in [1.82, 2.24) is 0 Å². The fourth-order valence-corrected chi connectivity index (χ4v) is 4.45. The Morgan fingerprint density at radius 2 is 1.48 bits per heavy atom. The third kappa shape index (κ3) is 12.9. The minimum atomic E-state index is -5.05. The molecule has 0 aromatic rings. The Morgan fingerprint density at radius 1 is 0.903 bits per heavy atom. The zero-order valence-electron chi connectivity index (χ0n) is 18.7. The van der Waals surface area contributed by atoms with Gasteiger partial charge in [-0.3, -0.25) is 14.1 Å². The monoisotopic (exact) mass is 464 g/mol. The molecular weight excluding hydrogens is 424 g/mol. The van der Waals surface area contributed by atoms with E-state index < -0.39 is 39.6 Å². The van der Waals surface area contributed by atoms with Gasteiger partial charge in [-0.1, -0.05) is 76.9 Å². The Hall–Kier alpha value is -1.45. The quantitative estimate of drug-likeness (QED) is 0.116. The number of aliphatic carboxylic acids is 2. The van der Waals surface area contributed by atoms with Gasteiger partial charge in [0.2, 0.25) is 4.75 Å². The highest BCUT2D eigenvalue weighted by molar-refractivity contribution is 7.88. The number of hydrogen-bond donors (Lipinski definition) is 4. The van der Waals surface area contributed by atoms with Crippen LogP contribution >= 0.6 is 0 Å². The minimum Gasteiger partial charge on any atom is -0.481 e. The van der Waals surface area contributed by atoms with Crippen LogP contribution in [0.1, 0.15) is 103 Å². The van der Waals surface area contributed by atoms with Gasteiger partial charge in [0.1, 0.15) is 0 Å². The van der Waals surface area contributed by atoms with Crippen LogP contribution in [0.2, 0.25) is 0 Å². The van der Waals surface area contributed by atoms with E-state index in [-0.39, 0.29) is 12.5 Å². The number of rotatable bonds is 20. The second-order valence-corrected chi connectivity index (χ2v) is 9.95. The van der Waals surface area contributed by atoms with E-state index in [1.807, 2.05) is 6.08 Å². The van der Waals surface area contributed by atoms with Gasteiger partial charge >= 0.3 is 11.9 Å². The maximum atomic E-state index is 11.5. The van der Waals surface area contributed by atoms with Gasteiger partial charge in [0.15, 0.2) is 0 Å². The lowest BCUT2D eigenvalue weighted by Gasteiger charge is -2.24. The summed E-state index contributed by atoms with van der Waals surface area (Å²) in [6.07, 6.45) is 13.7. The Bertz CT molecular complexity index is 644. The largest absolute Gasteiger partial charge is 0.481 e. The number of allylic oxidation sites excluding steroid dienone is 1. The topological polar surface area (TPSA) is 149 Å². The standard InChI is InChI=1S/C22H40O8S/c1-2-3-4-12-15-19(23)16-13-10-8-6-5-7-9-11-14-17-22(21(26)27,18-20(24)25)31(28,29)30/h10,13,19,23H,2-9,11-12,14-18H2,1H3,(H,24,25)(H,26,27)(H,28,29,30)/b13-10-/t19-,22?/m1/s1. The molecule has 0 aliphatic heterocycles. The summed E-state index contributed by atoms with van der Waals surface area (Å²) in [5, 5.41) is 28.0. The van der Waals surface area contributed by atoms with Crippen LogP contribution in [0.4, 0.5) is 0 Å². The number of hydrogen-bond acceptors (Lipinski definition) is 5. The SMILES string of the molecule is CCCCCC[C@@H](O)C/C=C\CCCCCCCCC(CC(=O)O)(C(=O)O)S(=O)(=O)O. The van der Waals surface area contributed by atoms with E-state index in [4.69, 9.17) is 5.11 Å². The Labute approximate surface area is 186 Å². The Kier molecular flexibility index (Phi) is 15.5. The van der Waals surface area contributed by atoms with E-state index in [9.17, 15) is 32.8 Å². The van der Waals surface area contributed by atoms with Crippen LogP contribution in [0.15, 0.2) is 12.2 Å². The highest BCUT2D eigenvalue weighted by Crippen LogP contribution is 2.29. The number of carboxylic acid groups (broad SMARTS) is 2. The van der Waals surface area contributed by atoms with Crippen LogP contribution < -0.4 is 0 Å². The molecule has 0 spiro atoms. The molecule has 0 heterocycles. The van der Waals surface area contributed by atoms with E-state index >= 15 is 0 Å². The van der Waals surface area contributed by atoms with Crippen molar-refractivity contribution in [3.05, 3.63) is 12.2 Å². The molecule has 2 atom stereocenters. The van der Waals surface area contributed by atoms with Crippen LogP contribution in [0, 0.1) is 0 Å². The molecule has 0 aromatic carbocycles. The summed E-state index contributed by atoms with van der Waals surface area (Å²) < 4.78 is 29.7. The fraction of sp³-hybridized carbons (Fsp3) is 0.818. The number of aliphatic hydroxyl groups excluding tert-OH is 1. The molecular formula is C22H40O8S. The van der Waals surface area contributed by atoms with Crippen LogP contribution in [0.3, 0.4) is 0 Å². The van der Waals surface area contributed by atoms with Crippen LogP contribution in [0.25, 0.3) is 0 Å². The molecule has 0 aromatic heterocycles. The molecule has 0 amide bonds. The number of aliphatic hydroxyl groups is 1. The number of carbonyl (C=O) groups is 2. The maximum Gasteiger partial charge on any atom is 0.328 e. The summed E-state index contributed by atoms with van der Waals surface area (Å²) in [4.78, 5) is 22.3. The van der Waals surface area contributed by atoms with Gasteiger partial charge in [-0.2, -0.15) is 8.42 Å². The van der Waals surface area contributed by atoms with Crippen molar-refractivity contribution in [2.75, 3.05) is 0 Å². The van der Waals surface area contributed by atoms with E-state index in [0.717, 1.165) is 44.9 Å². The molecule has 0 rings (SSSR count). The first-order chi connectivity index (χ1) is 14.6. The van der Waals surface area contributed by atoms with Gasteiger partial charge < -0.3 is 15.3 Å². The van der Waals surface area contributed by atoms with Crippen molar-refractivity contribution in [1.29, 1.82) is 0 Å². The molecule has 0 fully saturated rings.